The van der Waals surface area contributed by atoms with E-state index in [-0.39, 0.29) is 12.0 Å². The molecule has 2 unspecified atom stereocenters. The van der Waals surface area contributed by atoms with Gasteiger partial charge in [-0.25, -0.2) is 0 Å². The second-order valence-electron chi connectivity index (χ2n) is 4.76. The van der Waals surface area contributed by atoms with E-state index in [0.717, 1.165) is 18.4 Å². The molecule has 0 aliphatic rings. The Hall–Kier alpha value is -0.860. The molecule has 0 amide bonds. The molecule has 90 valence electrons. The molecule has 0 aliphatic carbocycles. The van der Waals surface area contributed by atoms with Crippen LogP contribution in [0, 0.1) is 5.92 Å². The molecular formula is C14H23NO. The molecule has 0 radical (unpaired) electrons. The Morgan fingerprint density at radius 3 is 2.19 bits per heavy atom. The molecule has 1 aromatic rings. The number of aliphatic hydroxyl groups is 1. The maximum Gasteiger partial charge on any atom is 0.0943 e. The van der Waals surface area contributed by atoms with E-state index in [1.807, 2.05) is 26.0 Å². The highest BCUT2D eigenvalue weighted by Crippen LogP contribution is 2.20. The first kappa shape index (κ1) is 13.2. The molecule has 2 nitrogen and oxygen atoms in total. The minimum Gasteiger partial charge on any atom is -0.387 e. The van der Waals surface area contributed by atoms with Gasteiger partial charge in [-0.05, 0) is 23.5 Å². The summed E-state index contributed by atoms with van der Waals surface area (Å²) in [6, 6.07) is 7.93. The van der Waals surface area contributed by atoms with Crippen LogP contribution in [0.3, 0.4) is 0 Å². The third-order valence-electron chi connectivity index (χ3n) is 2.99. The molecule has 0 saturated carbocycles. The molecule has 0 aromatic heterocycles. The highest BCUT2D eigenvalue weighted by molar-refractivity contribution is 5.25. The highest BCUT2D eigenvalue weighted by Gasteiger charge is 2.19. The Bertz CT molecular complexity index is 305. The van der Waals surface area contributed by atoms with E-state index < -0.39 is 6.10 Å². The zero-order chi connectivity index (χ0) is 12.1. The summed E-state index contributed by atoms with van der Waals surface area (Å²) >= 11 is 0. The second-order valence-corrected chi connectivity index (χ2v) is 4.76. The van der Waals surface area contributed by atoms with E-state index in [1.54, 1.807) is 0 Å². The number of rotatable bonds is 5. The number of hydrogen-bond acceptors (Lipinski definition) is 2. The van der Waals surface area contributed by atoms with Gasteiger partial charge in [0.2, 0.25) is 0 Å². The zero-order valence-corrected chi connectivity index (χ0v) is 10.5. The van der Waals surface area contributed by atoms with Gasteiger partial charge in [-0.15, -0.1) is 0 Å². The van der Waals surface area contributed by atoms with Crippen molar-refractivity contribution in [2.75, 3.05) is 0 Å². The van der Waals surface area contributed by atoms with E-state index in [0.29, 0.717) is 0 Å². The lowest BCUT2D eigenvalue weighted by Crippen LogP contribution is -2.33. The van der Waals surface area contributed by atoms with Crippen molar-refractivity contribution in [3.8, 4) is 0 Å². The average Bonchev–Trinajstić information content (AvgIpc) is 2.28. The van der Waals surface area contributed by atoms with Crippen LogP contribution < -0.4 is 5.73 Å². The minimum absolute atomic E-state index is 0.197. The van der Waals surface area contributed by atoms with Gasteiger partial charge >= 0.3 is 0 Å². The quantitative estimate of drug-likeness (QED) is 0.803. The van der Waals surface area contributed by atoms with Gasteiger partial charge in [0.1, 0.15) is 0 Å². The van der Waals surface area contributed by atoms with Crippen LogP contribution in [0.4, 0.5) is 0 Å². The summed E-state index contributed by atoms with van der Waals surface area (Å²) in [7, 11) is 0. The molecule has 0 spiro atoms. The van der Waals surface area contributed by atoms with Crippen molar-refractivity contribution in [1.82, 2.24) is 0 Å². The standard InChI is InChI=1S/C14H23NO/c1-4-5-11-6-8-12(9-7-11)14(16)13(15)10(2)3/h6-10,13-14,16H,4-5,15H2,1-3H3. The summed E-state index contributed by atoms with van der Waals surface area (Å²) in [4.78, 5) is 0. The van der Waals surface area contributed by atoms with Gasteiger partial charge in [0.05, 0.1) is 6.10 Å². The largest absolute Gasteiger partial charge is 0.387 e. The number of benzene rings is 1. The summed E-state index contributed by atoms with van der Waals surface area (Å²) in [5.41, 5.74) is 8.17. The Balaban J connectivity index is 2.73. The van der Waals surface area contributed by atoms with Crippen molar-refractivity contribution < 1.29 is 5.11 Å². The maximum atomic E-state index is 10.1. The lowest BCUT2D eigenvalue weighted by Gasteiger charge is -2.22. The van der Waals surface area contributed by atoms with Gasteiger partial charge in [-0.1, -0.05) is 51.5 Å². The van der Waals surface area contributed by atoms with E-state index in [1.165, 1.54) is 5.56 Å². The maximum absolute atomic E-state index is 10.1. The van der Waals surface area contributed by atoms with Gasteiger partial charge in [0.15, 0.2) is 0 Å². The number of hydrogen-bond donors (Lipinski definition) is 2. The van der Waals surface area contributed by atoms with Crippen LogP contribution in [0.1, 0.15) is 44.4 Å². The summed E-state index contributed by atoms with van der Waals surface area (Å²) in [6.45, 7) is 6.22. The molecule has 1 rings (SSSR count). The summed E-state index contributed by atoms with van der Waals surface area (Å²) in [6.07, 6.45) is 1.68. The fourth-order valence-corrected chi connectivity index (χ4v) is 1.76. The molecule has 1 aromatic carbocycles. The SMILES string of the molecule is CCCc1ccc(C(O)C(N)C(C)C)cc1. The summed E-state index contributed by atoms with van der Waals surface area (Å²) in [5.74, 6) is 0.283. The lowest BCUT2D eigenvalue weighted by atomic mass is 9.93. The van der Waals surface area contributed by atoms with Crippen LogP contribution in [0.2, 0.25) is 0 Å². The van der Waals surface area contributed by atoms with Crippen LogP contribution in [-0.2, 0) is 6.42 Å². The lowest BCUT2D eigenvalue weighted by molar-refractivity contribution is 0.126. The monoisotopic (exact) mass is 221 g/mol. The summed E-state index contributed by atoms with van der Waals surface area (Å²) < 4.78 is 0. The molecule has 0 saturated heterocycles. The van der Waals surface area contributed by atoms with E-state index >= 15 is 0 Å². The molecule has 2 heteroatoms. The first-order valence-electron chi connectivity index (χ1n) is 6.08. The van der Waals surface area contributed by atoms with Crippen molar-refractivity contribution in [2.45, 2.75) is 45.8 Å². The van der Waals surface area contributed by atoms with E-state index in [2.05, 4.69) is 19.1 Å². The molecule has 0 fully saturated rings. The van der Waals surface area contributed by atoms with Crippen molar-refractivity contribution in [3.05, 3.63) is 35.4 Å². The van der Waals surface area contributed by atoms with Crippen molar-refractivity contribution in [1.29, 1.82) is 0 Å². The topological polar surface area (TPSA) is 46.2 Å². The number of aliphatic hydroxyl groups excluding tert-OH is 1. The van der Waals surface area contributed by atoms with Crippen molar-refractivity contribution >= 4 is 0 Å². The Morgan fingerprint density at radius 1 is 1.19 bits per heavy atom. The van der Waals surface area contributed by atoms with Crippen LogP contribution in [0.25, 0.3) is 0 Å². The first-order valence-corrected chi connectivity index (χ1v) is 6.08. The predicted molar refractivity (Wildman–Crippen MR) is 68.2 cm³/mol. The van der Waals surface area contributed by atoms with Gasteiger partial charge in [0.25, 0.3) is 0 Å². The van der Waals surface area contributed by atoms with Gasteiger partial charge in [-0.2, -0.15) is 0 Å². The molecule has 2 atom stereocenters. The molecule has 16 heavy (non-hydrogen) atoms. The third kappa shape index (κ3) is 3.32. The number of nitrogens with two attached hydrogens (primary N) is 1. The highest BCUT2D eigenvalue weighted by atomic mass is 16.3. The van der Waals surface area contributed by atoms with Crippen LogP contribution in [0.15, 0.2) is 24.3 Å². The molecule has 0 bridgehead atoms. The van der Waals surface area contributed by atoms with Gasteiger partial charge in [-0.3, -0.25) is 0 Å². The molecule has 0 aliphatic heterocycles. The molecule has 0 heterocycles. The van der Waals surface area contributed by atoms with Crippen LogP contribution in [-0.4, -0.2) is 11.1 Å². The van der Waals surface area contributed by atoms with Gasteiger partial charge < -0.3 is 10.8 Å². The predicted octanol–water partition coefficient (Wildman–Crippen LogP) is 2.66. The average molecular weight is 221 g/mol. The Morgan fingerprint density at radius 2 is 1.75 bits per heavy atom. The Kier molecular flexibility index (Phi) is 4.97. The molecule has 3 N–H and O–H groups in total. The minimum atomic E-state index is -0.560. The zero-order valence-electron chi connectivity index (χ0n) is 10.5. The van der Waals surface area contributed by atoms with Gasteiger partial charge in [0, 0.05) is 6.04 Å². The number of aryl methyl sites for hydroxylation is 1. The van der Waals surface area contributed by atoms with Crippen molar-refractivity contribution in [3.63, 3.8) is 0 Å². The Labute approximate surface area is 98.5 Å². The fourth-order valence-electron chi connectivity index (χ4n) is 1.76. The summed E-state index contributed by atoms with van der Waals surface area (Å²) in [5, 5.41) is 10.1. The molecular weight excluding hydrogens is 198 g/mol. The fraction of sp³-hybridized carbons (Fsp3) is 0.571. The normalized spacial score (nSPS) is 15.1. The van der Waals surface area contributed by atoms with E-state index in [9.17, 15) is 5.11 Å². The van der Waals surface area contributed by atoms with Crippen molar-refractivity contribution in [2.24, 2.45) is 11.7 Å². The second kappa shape index (κ2) is 6.02. The van der Waals surface area contributed by atoms with E-state index in [4.69, 9.17) is 5.73 Å². The smallest absolute Gasteiger partial charge is 0.0943 e. The van der Waals surface area contributed by atoms with Crippen LogP contribution in [0.5, 0.6) is 0 Å². The van der Waals surface area contributed by atoms with Crippen LogP contribution >= 0.6 is 0 Å². The third-order valence-corrected chi connectivity index (χ3v) is 2.99. The first-order chi connectivity index (χ1) is 7.56.